The Kier molecular flexibility index (Phi) is 3.38. The maximum Gasteiger partial charge on any atom is 0.134 e. The fourth-order valence-electron chi connectivity index (χ4n) is 1.22. The minimum atomic E-state index is -0.900. The molecule has 0 aliphatic heterocycles. The van der Waals surface area contributed by atoms with Gasteiger partial charge in [0.1, 0.15) is 17.4 Å². The number of aliphatic hydroxyl groups is 1. The lowest BCUT2D eigenvalue weighted by molar-refractivity contribution is 0.274. The lowest BCUT2D eigenvalue weighted by atomic mass is 10.0. The van der Waals surface area contributed by atoms with E-state index < -0.39 is 23.4 Å². The molecule has 4 N–H and O–H groups in total. The molecule has 0 spiro atoms. The van der Waals surface area contributed by atoms with Crippen LogP contribution in [0.15, 0.2) is 12.1 Å². The number of aliphatic hydroxyl groups excluding tert-OH is 1. The van der Waals surface area contributed by atoms with E-state index in [9.17, 15) is 13.9 Å². The van der Waals surface area contributed by atoms with Crippen molar-refractivity contribution in [2.75, 3.05) is 6.61 Å². The summed E-state index contributed by atoms with van der Waals surface area (Å²) in [6, 6.07) is 0.600. The number of benzene rings is 1. The number of hydrogen-bond acceptors (Lipinski definition) is 3. The molecule has 14 heavy (non-hydrogen) atoms. The van der Waals surface area contributed by atoms with Crippen molar-refractivity contribution in [3.05, 3.63) is 29.3 Å². The first-order valence-corrected chi connectivity index (χ1v) is 4.10. The predicted molar refractivity (Wildman–Crippen MR) is 46.7 cm³/mol. The molecule has 0 aliphatic carbocycles. The average molecular weight is 203 g/mol. The molecular weight excluding hydrogens is 192 g/mol. The molecule has 0 bridgehead atoms. The van der Waals surface area contributed by atoms with Gasteiger partial charge in [0.25, 0.3) is 0 Å². The second kappa shape index (κ2) is 4.34. The summed E-state index contributed by atoms with van der Waals surface area (Å²) in [6.45, 7) is -0.225. The lowest BCUT2D eigenvalue weighted by Crippen LogP contribution is -2.14. The van der Waals surface area contributed by atoms with Gasteiger partial charge < -0.3 is 15.9 Å². The zero-order valence-electron chi connectivity index (χ0n) is 7.37. The smallest absolute Gasteiger partial charge is 0.134 e. The fourth-order valence-corrected chi connectivity index (χ4v) is 1.22. The maximum atomic E-state index is 13.1. The van der Waals surface area contributed by atoms with Crippen LogP contribution >= 0.6 is 0 Å². The second-order valence-electron chi connectivity index (χ2n) is 2.94. The van der Waals surface area contributed by atoms with Crippen LogP contribution in [0.25, 0.3) is 0 Å². The number of phenolic OH excluding ortho intramolecular Hbond substituents is 1. The molecule has 0 radical (unpaired) electrons. The highest BCUT2D eigenvalue weighted by atomic mass is 19.1. The summed E-state index contributed by atoms with van der Waals surface area (Å²) >= 11 is 0. The zero-order valence-corrected chi connectivity index (χ0v) is 7.37. The Balaban J connectivity index is 3.07. The molecule has 1 atom stereocenters. The third kappa shape index (κ3) is 2.18. The van der Waals surface area contributed by atoms with E-state index in [1.165, 1.54) is 0 Å². The summed E-state index contributed by atoms with van der Waals surface area (Å²) < 4.78 is 25.7. The van der Waals surface area contributed by atoms with Gasteiger partial charge in [0, 0.05) is 30.3 Å². The summed E-state index contributed by atoms with van der Waals surface area (Å²) in [5.74, 6) is -2.29. The van der Waals surface area contributed by atoms with Crippen molar-refractivity contribution in [1.29, 1.82) is 0 Å². The van der Waals surface area contributed by atoms with Crippen LogP contribution < -0.4 is 5.73 Å². The van der Waals surface area contributed by atoms with Gasteiger partial charge >= 0.3 is 0 Å². The molecule has 0 saturated carbocycles. The van der Waals surface area contributed by atoms with Crippen LogP contribution in [0.5, 0.6) is 5.75 Å². The van der Waals surface area contributed by atoms with E-state index in [-0.39, 0.29) is 18.6 Å². The molecule has 1 aromatic carbocycles. The predicted octanol–water partition coefficient (Wildman–Crippen LogP) is 1.05. The SMILES string of the molecule is N[C@H](CCO)c1c(O)cc(F)cc1F. The molecule has 0 amide bonds. The van der Waals surface area contributed by atoms with E-state index in [1.54, 1.807) is 0 Å². The Morgan fingerprint density at radius 3 is 2.50 bits per heavy atom. The molecule has 0 aromatic heterocycles. The quantitative estimate of drug-likeness (QED) is 0.688. The van der Waals surface area contributed by atoms with Gasteiger partial charge in [0.15, 0.2) is 0 Å². The zero-order chi connectivity index (χ0) is 10.7. The topological polar surface area (TPSA) is 66.5 Å². The molecule has 0 heterocycles. The summed E-state index contributed by atoms with van der Waals surface area (Å²) in [5, 5.41) is 17.8. The van der Waals surface area contributed by atoms with Crippen LogP contribution in [-0.2, 0) is 0 Å². The normalized spacial score (nSPS) is 12.9. The highest BCUT2D eigenvalue weighted by Crippen LogP contribution is 2.28. The van der Waals surface area contributed by atoms with Crippen LogP contribution in [-0.4, -0.2) is 16.8 Å². The first-order valence-electron chi connectivity index (χ1n) is 4.10. The van der Waals surface area contributed by atoms with Crippen LogP contribution in [0.4, 0.5) is 8.78 Å². The van der Waals surface area contributed by atoms with Crippen molar-refractivity contribution in [2.45, 2.75) is 12.5 Å². The van der Waals surface area contributed by atoms with Gasteiger partial charge in [-0.15, -0.1) is 0 Å². The molecule has 78 valence electrons. The van der Waals surface area contributed by atoms with Crippen molar-refractivity contribution in [1.82, 2.24) is 0 Å². The number of aromatic hydroxyl groups is 1. The standard InChI is InChI=1S/C9H11F2NO2/c10-5-3-6(11)9(8(14)4-5)7(12)1-2-13/h3-4,7,13-14H,1-2,12H2/t7-/m1/s1. The van der Waals surface area contributed by atoms with Gasteiger partial charge in [-0.3, -0.25) is 0 Å². The van der Waals surface area contributed by atoms with Gasteiger partial charge in [0.2, 0.25) is 0 Å². The largest absolute Gasteiger partial charge is 0.507 e. The Bertz CT molecular complexity index is 308. The summed E-state index contributed by atoms with van der Waals surface area (Å²) in [7, 11) is 0. The molecule has 1 rings (SSSR count). The Morgan fingerprint density at radius 1 is 1.36 bits per heavy atom. The van der Waals surface area contributed by atoms with Crippen LogP contribution in [0.2, 0.25) is 0 Å². The van der Waals surface area contributed by atoms with Crippen molar-refractivity contribution in [2.24, 2.45) is 5.73 Å². The Labute approximate surface area is 79.8 Å². The number of rotatable bonds is 3. The van der Waals surface area contributed by atoms with E-state index in [4.69, 9.17) is 10.8 Å². The minimum Gasteiger partial charge on any atom is -0.507 e. The van der Waals surface area contributed by atoms with Crippen molar-refractivity contribution < 1.29 is 19.0 Å². The summed E-state index contributed by atoms with van der Waals surface area (Å²) in [4.78, 5) is 0. The molecular formula is C9H11F2NO2. The van der Waals surface area contributed by atoms with E-state index >= 15 is 0 Å². The summed E-state index contributed by atoms with van der Waals surface area (Å²) in [5.41, 5.74) is 5.31. The molecule has 0 fully saturated rings. The number of nitrogens with two attached hydrogens (primary N) is 1. The van der Waals surface area contributed by atoms with E-state index in [0.29, 0.717) is 6.07 Å². The number of halogens is 2. The van der Waals surface area contributed by atoms with E-state index in [0.717, 1.165) is 6.07 Å². The molecule has 0 unspecified atom stereocenters. The van der Waals surface area contributed by atoms with Crippen LogP contribution in [0.3, 0.4) is 0 Å². The molecule has 5 heteroatoms. The molecule has 0 aliphatic rings. The van der Waals surface area contributed by atoms with Gasteiger partial charge in [-0.2, -0.15) is 0 Å². The Morgan fingerprint density at radius 2 is 2.00 bits per heavy atom. The number of hydrogen-bond donors (Lipinski definition) is 3. The van der Waals surface area contributed by atoms with Gasteiger partial charge in [-0.25, -0.2) is 8.78 Å². The van der Waals surface area contributed by atoms with E-state index in [1.807, 2.05) is 0 Å². The highest BCUT2D eigenvalue weighted by Gasteiger charge is 2.17. The van der Waals surface area contributed by atoms with Gasteiger partial charge in [-0.05, 0) is 6.42 Å². The van der Waals surface area contributed by atoms with Crippen LogP contribution in [0.1, 0.15) is 18.0 Å². The molecule has 3 nitrogen and oxygen atoms in total. The monoisotopic (exact) mass is 203 g/mol. The van der Waals surface area contributed by atoms with Crippen molar-refractivity contribution >= 4 is 0 Å². The van der Waals surface area contributed by atoms with Gasteiger partial charge in [-0.1, -0.05) is 0 Å². The Hall–Kier alpha value is -1.20. The highest BCUT2D eigenvalue weighted by molar-refractivity contribution is 5.36. The number of phenols is 1. The fraction of sp³-hybridized carbons (Fsp3) is 0.333. The van der Waals surface area contributed by atoms with Gasteiger partial charge in [0.05, 0.1) is 0 Å². The third-order valence-corrected chi connectivity index (χ3v) is 1.88. The van der Waals surface area contributed by atoms with Crippen molar-refractivity contribution in [3.8, 4) is 5.75 Å². The first-order chi connectivity index (χ1) is 6.56. The van der Waals surface area contributed by atoms with Crippen molar-refractivity contribution in [3.63, 3.8) is 0 Å². The first kappa shape index (κ1) is 10.9. The summed E-state index contributed by atoms with van der Waals surface area (Å²) in [6.07, 6.45) is 0.107. The maximum absolute atomic E-state index is 13.1. The molecule has 0 saturated heterocycles. The second-order valence-corrected chi connectivity index (χ2v) is 2.94. The molecule has 1 aromatic rings. The third-order valence-electron chi connectivity index (χ3n) is 1.88. The van der Waals surface area contributed by atoms with Crippen LogP contribution in [0, 0.1) is 11.6 Å². The minimum absolute atomic E-state index is 0.107. The van der Waals surface area contributed by atoms with E-state index in [2.05, 4.69) is 0 Å². The average Bonchev–Trinajstić information content (AvgIpc) is 2.01. The lowest BCUT2D eigenvalue weighted by Gasteiger charge is -2.13.